The number of thiophene rings is 3. The molecule has 3 heteroatoms. The van der Waals surface area contributed by atoms with Gasteiger partial charge >= 0.3 is 0 Å². The maximum atomic E-state index is 2.40. The second-order valence-corrected chi connectivity index (χ2v) is 16.2. The molecule has 0 amide bonds. The average Bonchev–Trinajstić information content (AvgIpc) is 3.83. The van der Waals surface area contributed by atoms with Gasteiger partial charge < -0.3 is 0 Å². The molecule has 0 radical (unpaired) electrons. The van der Waals surface area contributed by atoms with Crippen LogP contribution in [0.15, 0.2) is 158 Å². The zero-order chi connectivity index (χ0) is 32.1. The van der Waals surface area contributed by atoms with E-state index in [0.29, 0.717) is 0 Å². The lowest BCUT2D eigenvalue weighted by molar-refractivity contribution is 1.60. The second kappa shape index (κ2) is 10.6. The molecule has 11 rings (SSSR count). The van der Waals surface area contributed by atoms with Crippen molar-refractivity contribution in [3.8, 4) is 32.7 Å². The van der Waals surface area contributed by atoms with Gasteiger partial charge in [-0.3, -0.25) is 0 Å². The molecule has 3 heterocycles. The van der Waals surface area contributed by atoms with Crippen molar-refractivity contribution in [1.82, 2.24) is 0 Å². The first-order valence-electron chi connectivity index (χ1n) is 16.6. The van der Waals surface area contributed by atoms with E-state index in [1.807, 2.05) is 34.0 Å². The minimum atomic E-state index is 1.24. The lowest BCUT2D eigenvalue weighted by atomic mass is 9.97. The Bertz CT molecular complexity index is 3030. The van der Waals surface area contributed by atoms with Crippen LogP contribution in [-0.2, 0) is 0 Å². The summed E-state index contributed by atoms with van der Waals surface area (Å²) in [6.07, 6.45) is 0. The molecule has 0 unspecified atom stereocenters. The largest absolute Gasteiger partial charge is 0.135 e. The van der Waals surface area contributed by atoms with E-state index in [1.165, 1.54) is 105 Å². The first-order valence-corrected chi connectivity index (χ1v) is 19.0. The normalized spacial score (nSPS) is 12.1. The Morgan fingerprint density at radius 2 is 0.714 bits per heavy atom. The lowest BCUT2D eigenvalue weighted by Crippen LogP contribution is -1.82. The molecule has 228 valence electrons. The summed E-state index contributed by atoms with van der Waals surface area (Å²) in [5.74, 6) is 0. The molecule has 0 atom stereocenters. The third-order valence-corrected chi connectivity index (χ3v) is 13.7. The van der Waals surface area contributed by atoms with E-state index in [0.717, 1.165) is 0 Å². The molecule has 0 saturated carbocycles. The Balaban J connectivity index is 0.895. The van der Waals surface area contributed by atoms with Gasteiger partial charge in [0, 0.05) is 29.7 Å². The molecule has 0 spiro atoms. The van der Waals surface area contributed by atoms with Crippen LogP contribution in [0.25, 0.3) is 105 Å². The van der Waals surface area contributed by atoms with Crippen molar-refractivity contribution in [1.29, 1.82) is 0 Å². The molecule has 0 bridgehead atoms. The molecular formula is C46H26S3. The van der Waals surface area contributed by atoms with Gasteiger partial charge in [0.05, 0.1) is 9.40 Å². The van der Waals surface area contributed by atoms with Crippen molar-refractivity contribution in [3.63, 3.8) is 0 Å². The van der Waals surface area contributed by atoms with Gasteiger partial charge in [-0.05, 0) is 114 Å². The van der Waals surface area contributed by atoms with Gasteiger partial charge in [-0.15, -0.1) is 34.0 Å². The molecule has 8 aromatic carbocycles. The van der Waals surface area contributed by atoms with Gasteiger partial charge in [0.25, 0.3) is 0 Å². The minimum absolute atomic E-state index is 1.24. The van der Waals surface area contributed by atoms with Crippen molar-refractivity contribution < 1.29 is 0 Å². The van der Waals surface area contributed by atoms with E-state index in [1.54, 1.807) is 0 Å². The van der Waals surface area contributed by atoms with Gasteiger partial charge in [0.1, 0.15) is 0 Å². The Labute approximate surface area is 294 Å². The molecule has 0 aliphatic heterocycles. The van der Waals surface area contributed by atoms with Gasteiger partial charge in [0.2, 0.25) is 0 Å². The minimum Gasteiger partial charge on any atom is -0.135 e. The zero-order valence-corrected chi connectivity index (χ0v) is 28.7. The van der Waals surface area contributed by atoms with Crippen LogP contribution in [0.5, 0.6) is 0 Å². The van der Waals surface area contributed by atoms with Crippen LogP contribution in [-0.4, -0.2) is 0 Å². The maximum Gasteiger partial charge on any atom is 0.0542 e. The molecular weight excluding hydrogens is 649 g/mol. The smallest absolute Gasteiger partial charge is 0.0542 e. The summed E-state index contributed by atoms with van der Waals surface area (Å²) in [4.78, 5) is 1.31. The van der Waals surface area contributed by atoms with Crippen molar-refractivity contribution in [2.24, 2.45) is 0 Å². The number of fused-ring (bicyclic) bond motifs is 9. The zero-order valence-electron chi connectivity index (χ0n) is 26.2. The van der Waals surface area contributed by atoms with Gasteiger partial charge in [-0.2, -0.15) is 0 Å². The predicted molar refractivity (Wildman–Crippen MR) is 219 cm³/mol. The molecule has 0 saturated heterocycles. The molecule has 0 aliphatic carbocycles. The van der Waals surface area contributed by atoms with Crippen LogP contribution >= 0.6 is 34.0 Å². The summed E-state index contributed by atoms with van der Waals surface area (Å²) in [5, 5.41) is 11.9. The molecule has 11 aromatic rings. The number of hydrogen-bond acceptors (Lipinski definition) is 3. The van der Waals surface area contributed by atoms with E-state index in [4.69, 9.17) is 0 Å². The van der Waals surface area contributed by atoms with Gasteiger partial charge in [-0.25, -0.2) is 0 Å². The van der Waals surface area contributed by atoms with Crippen LogP contribution in [0, 0.1) is 0 Å². The fraction of sp³-hybridized carbons (Fsp3) is 0. The fourth-order valence-corrected chi connectivity index (χ4v) is 11.2. The summed E-state index contributed by atoms with van der Waals surface area (Å²) in [5.41, 5.74) is 6.23. The highest BCUT2D eigenvalue weighted by molar-refractivity contribution is 7.36. The van der Waals surface area contributed by atoms with Crippen molar-refractivity contribution in [2.75, 3.05) is 0 Å². The van der Waals surface area contributed by atoms with Crippen molar-refractivity contribution in [3.05, 3.63) is 158 Å². The SMILES string of the molecule is c1ccc2cc3sc(-c4ccc(-c5ccc(-c6ccc7cc8c(cc7c6)sc6c7cc9ccccc9cc7sc86)cc5)cc4)cc3cc2c1. The highest BCUT2D eigenvalue weighted by Crippen LogP contribution is 2.46. The summed E-state index contributed by atoms with van der Waals surface area (Å²) in [7, 11) is 0. The van der Waals surface area contributed by atoms with Gasteiger partial charge in [-0.1, -0.05) is 109 Å². The van der Waals surface area contributed by atoms with Crippen LogP contribution < -0.4 is 0 Å². The molecule has 49 heavy (non-hydrogen) atoms. The molecule has 0 nitrogen and oxygen atoms in total. The van der Waals surface area contributed by atoms with Crippen LogP contribution in [0.1, 0.15) is 0 Å². The summed E-state index contributed by atoms with van der Waals surface area (Å²) >= 11 is 5.74. The molecule has 0 fully saturated rings. The topological polar surface area (TPSA) is 0 Å². The molecule has 3 aromatic heterocycles. The molecule has 0 aliphatic rings. The third kappa shape index (κ3) is 4.47. The van der Waals surface area contributed by atoms with Crippen LogP contribution in [0.3, 0.4) is 0 Å². The van der Waals surface area contributed by atoms with E-state index in [-0.39, 0.29) is 0 Å². The monoisotopic (exact) mass is 674 g/mol. The third-order valence-electron chi connectivity index (χ3n) is 10.0. The summed E-state index contributed by atoms with van der Waals surface area (Å²) < 4.78 is 6.91. The van der Waals surface area contributed by atoms with Crippen molar-refractivity contribution >= 4 is 106 Å². The number of benzene rings is 8. The Kier molecular flexibility index (Phi) is 5.97. The van der Waals surface area contributed by atoms with E-state index >= 15 is 0 Å². The Morgan fingerprint density at radius 1 is 0.265 bits per heavy atom. The standard InChI is InChI=1S/C46H26S3/c1-3-7-33-23-42-38(20-31(33)5-1)26-41(47-42)30-15-13-28(14-16-30)27-9-11-29(12-10-27)35-17-18-36-22-40-44(25-37(36)19-35)49-45-39-21-32-6-2-4-8-34(32)24-43(39)48-46(40)45/h1-26H. The van der Waals surface area contributed by atoms with E-state index in [2.05, 4.69) is 158 Å². The van der Waals surface area contributed by atoms with Crippen molar-refractivity contribution in [2.45, 2.75) is 0 Å². The Hall–Kier alpha value is -5.32. The number of rotatable bonds is 3. The first-order chi connectivity index (χ1) is 24.2. The summed E-state index contributed by atoms with van der Waals surface area (Å²) in [6, 6.07) is 58.8. The van der Waals surface area contributed by atoms with Crippen LogP contribution in [0.2, 0.25) is 0 Å². The number of hydrogen-bond donors (Lipinski definition) is 0. The Morgan fingerprint density at radius 3 is 1.33 bits per heavy atom. The highest BCUT2D eigenvalue weighted by Gasteiger charge is 2.14. The average molecular weight is 675 g/mol. The quantitative estimate of drug-likeness (QED) is 0.175. The first kappa shape index (κ1) is 27.6. The summed E-state index contributed by atoms with van der Waals surface area (Å²) in [6.45, 7) is 0. The van der Waals surface area contributed by atoms with E-state index in [9.17, 15) is 0 Å². The van der Waals surface area contributed by atoms with Gasteiger partial charge in [0.15, 0.2) is 0 Å². The molecule has 0 N–H and O–H groups in total. The van der Waals surface area contributed by atoms with Crippen LogP contribution in [0.4, 0.5) is 0 Å². The lowest BCUT2D eigenvalue weighted by Gasteiger charge is -2.08. The second-order valence-electron chi connectivity index (χ2n) is 13.0. The fourth-order valence-electron chi connectivity index (χ4n) is 7.42. The van der Waals surface area contributed by atoms with E-state index < -0.39 is 0 Å². The predicted octanol–water partition coefficient (Wildman–Crippen LogP) is 14.9. The maximum absolute atomic E-state index is 2.40. The highest BCUT2D eigenvalue weighted by atomic mass is 32.1.